The first-order valence-corrected chi connectivity index (χ1v) is 5.37. The van der Waals surface area contributed by atoms with Crippen molar-refractivity contribution in [1.29, 1.82) is 0 Å². The first-order valence-electron chi connectivity index (χ1n) is 5.37. The summed E-state index contributed by atoms with van der Waals surface area (Å²) in [6, 6.07) is 0. The van der Waals surface area contributed by atoms with Crippen molar-refractivity contribution < 1.29 is 4.39 Å². The summed E-state index contributed by atoms with van der Waals surface area (Å²) < 4.78 is 12.7. The molecule has 0 aliphatic rings. The Bertz CT molecular complexity index is 298. The zero-order valence-corrected chi connectivity index (χ0v) is 10.4. The van der Waals surface area contributed by atoms with Crippen molar-refractivity contribution in [2.24, 2.45) is 11.8 Å². The third kappa shape index (κ3) is 4.34. The van der Waals surface area contributed by atoms with E-state index in [9.17, 15) is 4.39 Å². The van der Waals surface area contributed by atoms with Crippen molar-refractivity contribution in [2.75, 3.05) is 6.67 Å². The first-order chi connectivity index (χ1) is 6.93. The fourth-order valence-electron chi connectivity index (χ4n) is 1.45. The van der Waals surface area contributed by atoms with E-state index in [2.05, 4.69) is 19.8 Å². The van der Waals surface area contributed by atoms with Crippen LogP contribution in [0.25, 0.3) is 0 Å². The summed E-state index contributed by atoms with van der Waals surface area (Å²) in [5.41, 5.74) is 2.77. The average Bonchev–Trinajstić information content (AvgIpc) is 2.14. The van der Waals surface area contributed by atoms with Crippen molar-refractivity contribution in [2.45, 2.75) is 34.6 Å². The third-order valence-corrected chi connectivity index (χ3v) is 2.46. The Morgan fingerprint density at radius 1 is 1.27 bits per heavy atom. The van der Waals surface area contributed by atoms with Gasteiger partial charge in [-0.25, -0.2) is 4.39 Å². The van der Waals surface area contributed by atoms with Gasteiger partial charge in [0.1, 0.15) is 6.67 Å². The van der Waals surface area contributed by atoms with Gasteiger partial charge in [0.25, 0.3) is 0 Å². The van der Waals surface area contributed by atoms with E-state index in [0.717, 1.165) is 16.7 Å². The lowest BCUT2D eigenvalue weighted by atomic mass is 9.95. The Hall–Kier alpha value is -1.03. The number of hydrogen-bond acceptors (Lipinski definition) is 0. The van der Waals surface area contributed by atoms with Crippen LogP contribution in [-0.2, 0) is 0 Å². The minimum absolute atomic E-state index is 0.233. The first kappa shape index (κ1) is 14.0. The number of allylic oxidation sites excluding steroid dienone is 4. The lowest BCUT2D eigenvalue weighted by molar-refractivity contribution is 0.508. The minimum Gasteiger partial charge on any atom is -0.246 e. The summed E-state index contributed by atoms with van der Waals surface area (Å²) >= 11 is 0. The second kappa shape index (κ2) is 6.45. The van der Waals surface area contributed by atoms with Crippen LogP contribution in [0.1, 0.15) is 34.6 Å². The summed E-state index contributed by atoms with van der Waals surface area (Å²) in [7, 11) is 0. The number of halogens is 1. The van der Waals surface area contributed by atoms with Crippen molar-refractivity contribution in [1.82, 2.24) is 0 Å². The molecule has 0 N–H and O–H groups in total. The number of hydrogen-bond donors (Lipinski definition) is 0. The quantitative estimate of drug-likeness (QED) is 0.481. The van der Waals surface area contributed by atoms with Crippen LogP contribution in [0.4, 0.5) is 4.39 Å². The molecule has 0 aliphatic carbocycles. The monoisotopic (exact) mass is 208 g/mol. The normalized spacial score (nSPS) is 14.2. The second-order valence-corrected chi connectivity index (χ2v) is 4.40. The van der Waals surface area contributed by atoms with Crippen LogP contribution in [0, 0.1) is 24.2 Å². The summed E-state index contributed by atoms with van der Waals surface area (Å²) in [6.07, 6.45) is 7.33. The summed E-state index contributed by atoms with van der Waals surface area (Å²) in [4.78, 5) is 0. The largest absolute Gasteiger partial charge is 0.246 e. The van der Waals surface area contributed by atoms with Crippen LogP contribution >= 0.6 is 0 Å². The van der Waals surface area contributed by atoms with E-state index >= 15 is 0 Å². The predicted molar refractivity (Wildman–Crippen MR) is 65.3 cm³/mol. The van der Waals surface area contributed by atoms with E-state index < -0.39 is 6.67 Å². The van der Waals surface area contributed by atoms with Gasteiger partial charge >= 0.3 is 0 Å². The molecular formula is C14H21F. The predicted octanol–water partition coefficient (Wildman–Crippen LogP) is 4.14. The van der Waals surface area contributed by atoms with Crippen molar-refractivity contribution >= 4 is 0 Å². The van der Waals surface area contributed by atoms with Gasteiger partial charge in [0, 0.05) is 5.57 Å². The lowest BCUT2D eigenvalue weighted by Gasteiger charge is -2.11. The molecular weight excluding hydrogens is 187 g/mol. The standard InChI is InChI=1S/C14H21F/c1-7-14(11(4)5)12(6)8-13(9-15)10(2)3/h1,8,10-11H,9H2,2-6H3/b13-8+,14-12+. The fraction of sp³-hybridized carbons (Fsp3) is 0.571. The summed E-state index contributed by atoms with van der Waals surface area (Å²) in [5, 5.41) is 0. The molecule has 0 rings (SSSR count). The molecule has 0 bridgehead atoms. The Morgan fingerprint density at radius 2 is 1.80 bits per heavy atom. The molecule has 0 unspecified atom stereocenters. The second-order valence-electron chi connectivity index (χ2n) is 4.40. The van der Waals surface area contributed by atoms with Gasteiger partial charge in [0.2, 0.25) is 0 Å². The van der Waals surface area contributed by atoms with Gasteiger partial charge in [-0.3, -0.25) is 0 Å². The molecule has 84 valence electrons. The van der Waals surface area contributed by atoms with Gasteiger partial charge in [0.05, 0.1) is 0 Å². The van der Waals surface area contributed by atoms with Crippen LogP contribution < -0.4 is 0 Å². The average molecular weight is 208 g/mol. The molecule has 0 spiro atoms. The van der Waals surface area contributed by atoms with Gasteiger partial charge in [-0.2, -0.15) is 0 Å². The van der Waals surface area contributed by atoms with Crippen molar-refractivity contribution in [3.8, 4) is 12.3 Å². The molecule has 0 saturated carbocycles. The fourth-order valence-corrected chi connectivity index (χ4v) is 1.45. The Labute approximate surface area is 93.3 Å². The van der Waals surface area contributed by atoms with Gasteiger partial charge in [-0.15, -0.1) is 6.42 Å². The maximum Gasteiger partial charge on any atom is 0.111 e. The zero-order valence-electron chi connectivity index (χ0n) is 10.4. The van der Waals surface area contributed by atoms with Crippen LogP contribution in [0.3, 0.4) is 0 Å². The molecule has 0 fully saturated rings. The molecule has 0 aromatic heterocycles. The van der Waals surface area contributed by atoms with E-state index in [1.54, 1.807) is 0 Å². The molecule has 0 nitrogen and oxygen atoms in total. The maximum absolute atomic E-state index is 12.7. The van der Waals surface area contributed by atoms with Crippen molar-refractivity contribution in [3.05, 3.63) is 22.8 Å². The molecule has 0 atom stereocenters. The van der Waals surface area contributed by atoms with E-state index in [1.807, 2.05) is 26.8 Å². The minimum atomic E-state index is -0.398. The molecule has 0 aliphatic heterocycles. The highest BCUT2D eigenvalue weighted by Gasteiger charge is 2.06. The van der Waals surface area contributed by atoms with Crippen LogP contribution in [0.2, 0.25) is 0 Å². The summed E-state index contributed by atoms with van der Waals surface area (Å²) in [5.74, 6) is 3.23. The smallest absolute Gasteiger partial charge is 0.111 e. The Kier molecular flexibility index (Phi) is 6.01. The van der Waals surface area contributed by atoms with Crippen LogP contribution in [-0.4, -0.2) is 6.67 Å². The molecule has 0 saturated heterocycles. The SMILES string of the molecule is C#C/C(=C(C)\C=C(/CF)C(C)C)C(C)C. The third-order valence-electron chi connectivity index (χ3n) is 2.46. The van der Waals surface area contributed by atoms with Gasteiger partial charge in [-0.1, -0.05) is 39.7 Å². The highest BCUT2D eigenvalue weighted by molar-refractivity contribution is 5.39. The van der Waals surface area contributed by atoms with Gasteiger partial charge < -0.3 is 0 Å². The zero-order chi connectivity index (χ0) is 12.0. The molecule has 0 amide bonds. The maximum atomic E-state index is 12.7. The van der Waals surface area contributed by atoms with E-state index in [4.69, 9.17) is 6.42 Å². The van der Waals surface area contributed by atoms with Crippen molar-refractivity contribution in [3.63, 3.8) is 0 Å². The number of terminal acetylenes is 1. The number of rotatable bonds is 4. The topological polar surface area (TPSA) is 0 Å². The Balaban J connectivity index is 5.15. The molecule has 0 radical (unpaired) electrons. The van der Waals surface area contributed by atoms with Gasteiger partial charge in [0.15, 0.2) is 0 Å². The number of alkyl halides is 1. The van der Waals surface area contributed by atoms with E-state index in [0.29, 0.717) is 5.92 Å². The molecule has 0 aromatic carbocycles. The summed E-state index contributed by atoms with van der Waals surface area (Å²) in [6.45, 7) is 9.64. The molecule has 15 heavy (non-hydrogen) atoms. The highest BCUT2D eigenvalue weighted by atomic mass is 19.1. The van der Waals surface area contributed by atoms with E-state index in [-0.39, 0.29) is 5.92 Å². The van der Waals surface area contributed by atoms with Crippen LogP contribution in [0.5, 0.6) is 0 Å². The molecule has 1 heteroatoms. The molecule has 0 heterocycles. The van der Waals surface area contributed by atoms with Gasteiger partial charge in [-0.05, 0) is 29.9 Å². The lowest BCUT2D eigenvalue weighted by Crippen LogP contribution is -1.99. The highest BCUT2D eigenvalue weighted by Crippen LogP contribution is 2.19. The Morgan fingerprint density at radius 3 is 2.07 bits per heavy atom. The molecule has 0 aromatic rings. The van der Waals surface area contributed by atoms with Crippen LogP contribution in [0.15, 0.2) is 22.8 Å². The van der Waals surface area contributed by atoms with E-state index in [1.165, 1.54) is 0 Å².